The van der Waals surface area contributed by atoms with Gasteiger partial charge in [-0.1, -0.05) is 32.4 Å². The smallest absolute Gasteiger partial charge is 0.222 e. The van der Waals surface area contributed by atoms with E-state index in [2.05, 4.69) is 10.7 Å². The fourth-order valence-electron chi connectivity index (χ4n) is 3.34. The van der Waals surface area contributed by atoms with Crippen LogP contribution in [0, 0.1) is 29.2 Å². The maximum atomic E-state index is 14.4. The van der Waals surface area contributed by atoms with E-state index >= 15 is 0 Å². The Hall–Kier alpha value is -2.00. The molecule has 1 aliphatic rings. The minimum absolute atomic E-state index is 0.0736. The highest BCUT2D eigenvalue weighted by atomic mass is 35.5. The zero-order valence-corrected chi connectivity index (χ0v) is 18.8. The molecule has 1 aromatic rings. The van der Waals surface area contributed by atoms with E-state index in [1.54, 1.807) is 18.3 Å². The summed E-state index contributed by atoms with van der Waals surface area (Å²) >= 11 is 6.21. The van der Waals surface area contributed by atoms with Gasteiger partial charge in [-0.2, -0.15) is 8.78 Å². The summed E-state index contributed by atoms with van der Waals surface area (Å²) in [4.78, 5) is 12.4. The highest BCUT2D eigenvalue weighted by molar-refractivity contribution is 6.31. The van der Waals surface area contributed by atoms with Crippen LogP contribution in [-0.2, 0) is 11.3 Å². The third kappa shape index (κ3) is 5.83. The lowest BCUT2D eigenvalue weighted by atomic mass is 9.92. The molecule has 1 aliphatic heterocycles. The van der Waals surface area contributed by atoms with E-state index in [0.717, 1.165) is 6.42 Å². The lowest BCUT2D eigenvalue weighted by Crippen LogP contribution is -2.49. The molecule has 1 atom stereocenters. The number of amides is 1. The number of halogens is 5. The molecule has 1 heterocycles. The molecule has 0 fully saturated rings. The molecule has 0 spiro atoms. The van der Waals surface area contributed by atoms with Crippen molar-refractivity contribution in [2.24, 2.45) is 5.92 Å². The van der Waals surface area contributed by atoms with Crippen LogP contribution < -0.4 is 15.5 Å². The van der Waals surface area contributed by atoms with Crippen molar-refractivity contribution < 1.29 is 27.1 Å². The van der Waals surface area contributed by atoms with Crippen LogP contribution >= 0.6 is 11.6 Å². The number of carbonyl (C=O) groups is 1. The van der Waals surface area contributed by atoms with Gasteiger partial charge in [0.2, 0.25) is 17.5 Å². The Bertz CT molecular complexity index is 821. The van der Waals surface area contributed by atoms with Crippen LogP contribution in [0.5, 0.6) is 5.75 Å². The molecule has 0 radical (unpaired) electrons. The van der Waals surface area contributed by atoms with Crippen molar-refractivity contribution in [1.82, 2.24) is 15.8 Å². The Morgan fingerprint density at radius 2 is 1.84 bits per heavy atom. The summed E-state index contributed by atoms with van der Waals surface area (Å²) in [5.41, 5.74) is 1.26. The van der Waals surface area contributed by atoms with Gasteiger partial charge in [-0.05, 0) is 25.2 Å². The number of rotatable bonds is 10. The summed E-state index contributed by atoms with van der Waals surface area (Å²) in [6, 6.07) is 0. The van der Waals surface area contributed by atoms with Crippen molar-refractivity contribution in [3.05, 3.63) is 40.1 Å². The number of nitrogens with one attached hydrogen (secondary N) is 2. The predicted molar refractivity (Wildman–Crippen MR) is 110 cm³/mol. The van der Waals surface area contributed by atoms with Crippen LogP contribution in [0.25, 0.3) is 0 Å². The summed E-state index contributed by atoms with van der Waals surface area (Å²) in [5.74, 6) is -7.76. The molecule has 174 valence electrons. The number of nitrogens with zero attached hydrogens (tertiary/aromatic N) is 1. The second-order valence-corrected chi connectivity index (χ2v) is 8.44. The van der Waals surface area contributed by atoms with Gasteiger partial charge in [-0.3, -0.25) is 4.79 Å². The van der Waals surface area contributed by atoms with E-state index in [9.17, 15) is 22.4 Å². The standard InChI is InChI=1S/C21H28ClF4N3O2/c1-5-21(14(22)11-29(4)28-21)9-15(30)27-10-13-16(23)18(25)20(19(26)17(13)24)31-8-6-7-12(2)3/h11-12,28H,5-10H2,1-4H3,(H,27,30). The first kappa shape index (κ1) is 25.3. The Morgan fingerprint density at radius 1 is 1.23 bits per heavy atom. The number of hydrazine groups is 1. The molecule has 1 unspecified atom stereocenters. The van der Waals surface area contributed by atoms with Crippen molar-refractivity contribution in [3.63, 3.8) is 0 Å². The second-order valence-electron chi connectivity index (χ2n) is 8.04. The van der Waals surface area contributed by atoms with Crippen LogP contribution in [0.3, 0.4) is 0 Å². The second kappa shape index (κ2) is 10.5. The average Bonchev–Trinajstić information content (AvgIpc) is 2.98. The first-order valence-electron chi connectivity index (χ1n) is 10.1. The lowest BCUT2D eigenvalue weighted by molar-refractivity contribution is -0.122. The maximum absolute atomic E-state index is 14.4. The van der Waals surface area contributed by atoms with E-state index < -0.39 is 52.6 Å². The third-order valence-corrected chi connectivity index (χ3v) is 5.63. The van der Waals surface area contributed by atoms with Crippen molar-refractivity contribution in [2.45, 2.75) is 58.5 Å². The van der Waals surface area contributed by atoms with Gasteiger partial charge in [0, 0.05) is 25.4 Å². The molecule has 5 nitrogen and oxygen atoms in total. The van der Waals surface area contributed by atoms with Crippen LogP contribution in [0.2, 0.25) is 0 Å². The zero-order valence-electron chi connectivity index (χ0n) is 18.1. The van der Waals surface area contributed by atoms with E-state index in [4.69, 9.17) is 16.3 Å². The molecule has 2 N–H and O–H groups in total. The Morgan fingerprint density at radius 3 is 2.32 bits per heavy atom. The summed E-state index contributed by atoms with van der Waals surface area (Å²) in [6.45, 7) is 4.96. The van der Waals surface area contributed by atoms with Gasteiger partial charge in [-0.25, -0.2) is 14.2 Å². The van der Waals surface area contributed by atoms with Crippen molar-refractivity contribution >= 4 is 17.5 Å². The Labute approximate surface area is 184 Å². The minimum atomic E-state index is -1.62. The van der Waals surface area contributed by atoms with Crippen molar-refractivity contribution in [1.29, 1.82) is 0 Å². The number of carbonyl (C=O) groups excluding carboxylic acids is 1. The molecule has 0 saturated carbocycles. The lowest BCUT2D eigenvalue weighted by Gasteiger charge is -2.29. The molecule has 0 aliphatic carbocycles. The molecule has 0 bridgehead atoms. The highest BCUT2D eigenvalue weighted by Gasteiger charge is 2.39. The highest BCUT2D eigenvalue weighted by Crippen LogP contribution is 2.33. The average molecular weight is 466 g/mol. The van der Waals surface area contributed by atoms with Crippen LogP contribution in [-0.4, -0.2) is 30.1 Å². The van der Waals surface area contributed by atoms with Crippen molar-refractivity contribution in [3.8, 4) is 5.75 Å². The van der Waals surface area contributed by atoms with Gasteiger partial charge in [-0.15, -0.1) is 0 Å². The molecular weight excluding hydrogens is 438 g/mol. The van der Waals surface area contributed by atoms with Crippen LogP contribution in [0.1, 0.15) is 52.0 Å². The molecule has 2 rings (SSSR count). The van der Waals surface area contributed by atoms with Crippen LogP contribution in [0.4, 0.5) is 17.6 Å². The van der Waals surface area contributed by atoms with E-state index in [0.29, 0.717) is 23.8 Å². The van der Waals surface area contributed by atoms with Crippen molar-refractivity contribution in [2.75, 3.05) is 13.7 Å². The fraction of sp³-hybridized carbons (Fsp3) is 0.571. The number of hydrogen-bond donors (Lipinski definition) is 2. The first-order valence-corrected chi connectivity index (χ1v) is 10.5. The third-order valence-electron chi connectivity index (χ3n) is 5.17. The largest absolute Gasteiger partial charge is 0.487 e. The number of ether oxygens (including phenoxy) is 1. The molecular formula is C21H28ClF4N3O2. The van der Waals surface area contributed by atoms with Gasteiger partial charge in [0.15, 0.2) is 17.4 Å². The quantitative estimate of drug-likeness (QED) is 0.297. The normalized spacial score (nSPS) is 18.5. The van der Waals surface area contributed by atoms with Gasteiger partial charge < -0.3 is 15.1 Å². The van der Waals surface area contributed by atoms with Crippen LogP contribution in [0.15, 0.2) is 11.2 Å². The fourth-order valence-corrected chi connectivity index (χ4v) is 3.73. The summed E-state index contributed by atoms with van der Waals surface area (Å²) < 4.78 is 62.3. The summed E-state index contributed by atoms with van der Waals surface area (Å²) in [6.07, 6.45) is 3.17. The number of hydrogen-bond acceptors (Lipinski definition) is 4. The zero-order chi connectivity index (χ0) is 23.3. The summed E-state index contributed by atoms with van der Waals surface area (Å²) in [7, 11) is 1.71. The minimum Gasteiger partial charge on any atom is -0.487 e. The molecule has 1 amide bonds. The summed E-state index contributed by atoms with van der Waals surface area (Å²) in [5, 5.41) is 4.31. The van der Waals surface area contributed by atoms with Gasteiger partial charge in [0.1, 0.15) is 0 Å². The molecule has 31 heavy (non-hydrogen) atoms. The molecule has 1 aromatic carbocycles. The molecule has 0 saturated heterocycles. The Balaban J connectivity index is 2.08. The van der Waals surface area contributed by atoms with Gasteiger partial charge in [0.25, 0.3) is 0 Å². The van der Waals surface area contributed by atoms with E-state index in [-0.39, 0.29) is 13.0 Å². The molecule has 10 heteroatoms. The van der Waals surface area contributed by atoms with E-state index in [1.807, 2.05) is 20.8 Å². The predicted octanol–water partition coefficient (Wildman–Crippen LogP) is 4.74. The van der Waals surface area contributed by atoms with Gasteiger partial charge >= 0.3 is 0 Å². The topological polar surface area (TPSA) is 53.6 Å². The Kier molecular flexibility index (Phi) is 8.59. The maximum Gasteiger partial charge on any atom is 0.222 e. The molecule has 0 aromatic heterocycles. The van der Waals surface area contributed by atoms with Gasteiger partial charge in [0.05, 0.1) is 23.6 Å². The van der Waals surface area contributed by atoms with E-state index in [1.165, 1.54) is 0 Å². The monoisotopic (exact) mass is 465 g/mol. The first-order chi connectivity index (χ1) is 14.5. The number of benzene rings is 1. The SMILES string of the molecule is CCC1(CC(=O)NCc2c(F)c(F)c(OCCCC(C)C)c(F)c2F)NN(C)C=C1Cl.